The molecular weight excluding hydrogens is 420 g/mol. The summed E-state index contributed by atoms with van der Waals surface area (Å²) >= 11 is 0. The Balaban J connectivity index is 1.59. The van der Waals surface area contributed by atoms with Crippen molar-refractivity contribution in [3.63, 3.8) is 0 Å². The molecule has 0 saturated carbocycles. The summed E-state index contributed by atoms with van der Waals surface area (Å²) in [6.45, 7) is 6.19. The van der Waals surface area contributed by atoms with Crippen LogP contribution in [0.5, 0.6) is 0 Å². The molecule has 0 N–H and O–H groups in total. The molecule has 0 spiro atoms. The molecule has 1 aliphatic rings. The highest BCUT2D eigenvalue weighted by molar-refractivity contribution is 6.02. The van der Waals surface area contributed by atoms with Crippen LogP contribution in [0, 0.1) is 0 Å². The Labute approximate surface area is 191 Å². The Morgan fingerprint density at radius 2 is 2.00 bits per heavy atom. The molecule has 1 fully saturated rings. The molecule has 1 unspecified atom stereocenters. The van der Waals surface area contributed by atoms with Gasteiger partial charge in [0.15, 0.2) is 12.5 Å². The predicted octanol–water partition coefficient (Wildman–Crippen LogP) is 5.35. The second-order valence-electron chi connectivity index (χ2n) is 9.29. The van der Waals surface area contributed by atoms with Crippen LogP contribution in [0.4, 0.5) is 4.79 Å². The molecule has 0 aliphatic carbocycles. The van der Waals surface area contributed by atoms with E-state index in [2.05, 4.69) is 10.1 Å². The summed E-state index contributed by atoms with van der Waals surface area (Å²) in [5, 5.41) is 6.16. The van der Waals surface area contributed by atoms with Gasteiger partial charge in [0, 0.05) is 35.3 Å². The summed E-state index contributed by atoms with van der Waals surface area (Å²) in [6, 6.07) is 7.78. The van der Waals surface area contributed by atoms with E-state index in [9.17, 15) is 9.59 Å². The van der Waals surface area contributed by atoms with E-state index in [4.69, 9.17) is 9.47 Å². The monoisotopic (exact) mass is 446 g/mol. The van der Waals surface area contributed by atoms with Gasteiger partial charge in [-0.2, -0.15) is 5.10 Å². The van der Waals surface area contributed by atoms with E-state index in [1.165, 1.54) is 4.57 Å². The molecule has 0 amide bonds. The fourth-order valence-electron chi connectivity index (χ4n) is 4.31. The van der Waals surface area contributed by atoms with Crippen LogP contribution < -0.4 is 0 Å². The fraction of sp³-hybridized carbons (Fsp3) is 0.360. The number of ether oxygens (including phenoxy) is 2. The second-order valence-corrected chi connectivity index (χ2v) is 9.29. The van der Waals surface area contributed by atoms with Crippen molar-refractivity contribution >= 4 is 34.2 Å². The van der Waals surface area contributed by atoms with Crippen LogP contribution in [0.2, 0.25) is 0 Å². The van der Waals surface area contributed by atoms with E-state index >= 15 is 0 Å². The van der Waals surface area contributed by atoms with Crippen LogP contribution in [-0.2, 0) is 9.47 Å². The molecule has 33 heavy (non-hydrogen) atoms. The van der Waals surface area contributed by atoms with E-state index in [1.807, 2.05) is 49.7 Å². The number of nitrogens with zero attached hydrogens (tertiary/aromatic N) is 4. The Bertz CT molecular complexity index is 1360. The minimum absolute atomic E-state index is 0.159. The number of aromatic nitrogens is 4. The predicted molar refractivity (Wildman–Crippen MR) is 124 cm³/mol. The summed E-state index contributed by atoms with van der Waals surface area (Å²) in [7, 11) is 0. The van der Waals surface area contributed by atoms with Crippen molar-refractivity contribution in [2.45, 2.75) is 51.9 Å². The largest absolute Gasteiger partial charge is 0.443 e. The highest BCUT2D eigenvalue weighted by Gasteiger charge is 2.23. The normalized spacial score (nSPS) is 16.9. The lowest BCUT2D eigenvalue weighted by Gasteiger charge is -2.23. The first-order chi connectivity index (χ1) is 15.9. The van der Waals surface area contributed by atoms with E-state index in [1.54, 1.807) is 18.6 Å². The van der Waals surface area contributed by atoms with Gasteiger partial charge in [0.1, 0.15) is 11.3 Å². The van der Waals surface area contributed by atoms with Crippen molar-refractivity contribution in [3.05, 3.63) is 48.5 Å². The number of carbonyl (C=O) groups excluding carboxylic acids is 2. The minimum Gasteiger partial charge on any atom is -0.443 e. The third-order valence-corrected chi connectivity index (χ3v) is 5.79. The van der Waals surface area contributed by atoms with Gasteiger partial charge in [-0.15, -0.1) is 0 Å². The molecule has 0 bridgehead atoms. The number of hydrogen-bond donors (Lipinski definition) is 0. The number of fused-ring (bicyclic) bond motifs is 2. The first kappa shape index (κ1) is 21.3. The highest BCUT2D eigenvalue weighted by atomic mass is 16.6. The molecule has 1 saturated heterocycles. The molecule has 1 atom stereocenters. The van der Waals surface area contributed by atoms with Crippen molar-refractivity contribution in [1.29, 1.82) is 0 Å². The van der Waals surface area contributed by atoms with Crippen molar-refractivity contribution in [2.75, 3.05) is 6.61 Å². The zero-order valence-corrected chi connectivity index (χ0v) is 18.9. The lowest BCUT2D eigenvalue weighted by molar-refractivity contribution is -0.0367. The lowest BCUT2D eigenvalue weighted by atomic mass is 10.0. The van der Waals surface area contributed by atoms with Crippen molar-refractivity contribution in [1.82, 2.24) is 19.3 Å². The molecule has 0 radical (unpaired) electrons. The van der Waals surface area contributed by atoms with Gasteiger partial charge < -0.3 is 9.47 Å². The van der Waals surface area contributed by atoms with E-state index in [-0.39, 0.29) is 6.23 Å². The molecule has 1 aliphatic heterocycles. The molecule has 4 heterocycles. The maximum Gasteiger partial charge on any atom is 0.419 e. The molecule has 1 aromatic carbocycles. The van der Waals surface area contributed by atoms with Gasteiger partial charge in [0.05, 0.1) is 17.2 Å². The van der Waals surface area contributed by atoms with Crippen molar-refractivity contribution in [2.24, 2.45) is 0 Å². The van der Waals surface area contributed by atoms with Crippen LogP contribution in [0.15, 0.2) is 42.9 Å². The number of hydrogen-bond acceptors (Lipinski definition) is 6. The number of pyridine rings is 1. The summed E-state index contributed by atoms with van der Waals surface area (Å²) in [4.78, 5) is 28.8. The van der Waals surface area contributed by atoms with Crippen LogP contribution in [0.3, 0.4) is 0 Å². The smallest absolute Gasteiger partial charge is 0.419 e. The van der Waals surface area contributed by atoms with Gasteiger partial charge in [0.25, 0.3) is 0 Å². The van der Waals surface area contributed by atoms with E-state index in [0.29, 0.717) is 17.8 Å². The zero-order valence-electron chi connectivity index (χ0n) is 18.9. The van der Waals surface area contributed by atoms with E-state index < -0.39 is 11.7 Å². The summed E-state index contributed by atoms with van der Waals surface area (Å²) in [5.41, 5.74) is 3.04. The molecule has 8 nitrogen and oxygen atoms in total. The van der Waals surface area contributed by atoms with Gasteiger partial charge in [-0.05, 0) is 63.8 Å². The lowest BCUT2D eigenvalue weighted by Crippen LogP contribution is -2.26. The molecule has 8 heteroatoms. The Morgan fingerprint density at radius 1 is 1.15 bits per heavy atom. The SMILES string of the molecule is CC(C)(C)OC(=O)n1ccc2c(-c3ccc4c(c3)c(C=O)nn4C3CCCCO3)cncc21. The van der Waals surface area contributed by atoms with Crippen LogP contribution in [0.1, 0.15) is 56.8 Å². The molecule has 4 aromatic rings. The summed E-state index contributed by atoms with van der Waals surface area (Å²) in [6.07, 6.45) is 8.26. The first-order valence-electron chi connectivity index (χ1n) is 11.1. The first-order valence-corrected chi connectivity index (χ1v) is 11.1. The van der Waals surface area contributed by atoms with Crippen molar-refractivity contribution in [3.8, 4) is 11.1 Å². The standard InChI is InChI=1S/C25H26N4O4/c1-25(2,3)33-24(31)28-10-9-17-19(13-26-14-22(17)28)16-7-8-21-18(12-16)20(15-30)27-29(21)23-6-4-5-11-32-23/h7-10,12-15,23H,4-6,11H2,1-3H3. The maximum atomic E-state index is 12.6. The average molecular weight is 447 g/mol. The van der Waals surface area contributed by atoms with Crippen LogP contribution in [0.25, 0.3) is 32.9 Å². The third kappa shape index (κ3) is 3.91. The number of benzene rings is 1. The van der Waals surface area contributed by atoms with Gasteiger partial charge >= 0.3 is 6.09 Å². The van der Waals surface area contributed by atoms with E-state index in [0.717, 1.165) is 53.0 Å². The Kier molecular flexibility index (Phi) is 5.25. The molecule has 3 aromatic heterocycles. The second kappa shape index (κ2) is 8.12. The van der Waals surface area contributed by atoms with Crippen LogP contribution in [-0.4, -0.2) is 43.9 Å². The zero-order chi connectivity index (χ0) is 23.2. The van der Waals surface area contributed by atoms with Gasteiger partial charge in [0.2, 0.25) is 0 Å². The average Bonchev–Trinajstić information content (AvgIpc) is 3.39. The minimum atomic E-state index is -0.600. The Hall–Kier alpha value is -3.52. The van der Waals surface area contributed by atoms with Crippen LogP contribution >= 0.6 is 0 Å². The Morgan fingerprint density at radius 3 is 2.73 bits per heavy atom. The maximum absolute atomic E-state index is 12.6. The molecular formula is C25H26N4O4. The number of rotatable bonds is 3. The molecule has 5 rings (SSSR count). The van der Waals surface area contributed by atoms with Gasteiger partial charge in [-0.3, -0.25) is 14.3 Å². The summed E-state index contributed by atoms with van der Waals surface area (Å²) in [5.74, 6) is 0. The number of aldehydes is 1. The fourth-order valence-corrected chi connectivity index (χ4v) is 4.31. The summed E-state index contributed by atoms with van der Waals surface area (Å²) < 4.78 is 14.7. The van der Waals surface area contributed by atoms with Crippen molar-refractivity contribution < 1.29 is 19.1 Å². The molecule has 170 valence electrons. The topological polar surface area (TPSA) is 88.2 Å². The third-order valence-electron chi connectivity index (χ3n) is 5.79. The number of carbonyl (C=O) groups is 2. The quantitative estimate of drug-likeness (QED) is 0.394. The highest BCUT2D eigenvalue weighted by Crippen LogP contribution is 2.34. The van der Waals surface area contributed by atoms with Gasteiger partial charge in [-0.25, -0.2) is 9.48 Å². The van der Waals surface area contributed by atoms with Gasteiger partial charge in [-0.1, -0.05) is 6.07 Å².